The van der Waals surface area contributed by atoms with Crippen LogP contribution in [-0.2, 0) is 4.84 Å². The number of nitrogens with zero attached hydrogens (tertiary/aromatic N) is 1. The Morgan fingerprint density at radius 1 is 1.42 bits per heavy atom. The van der Waals surface area contributed by atoms with Crippen molar-refractivity contribution in [3.05, 3.63) is 20.1 Å². The Hall–Kier alpha value is -0.380. The molecule has 0 saturated carbocycles. The van der Waals surface area contributed by atoms with Crippen LogP contribution in [0.4, 0.5) is 0 Å². The molecule has 0 saturated heterocycles. The fourth-order valence-corrected chi connectivity index (χ4v) is 0.454. The molecular weight excluding hydrogens is 152 g/mol. The second kappa shape index (κ2) is 7.28. The van der Waals surface area contributed by atoms with Crippen molar-refractivity contribution in [2.24, 2.45) is 0 Å². The van der Waals surface area contributed by atoms with E-state index in [1.54, 1.807) is 0 Å². The highest BCUT2D eigenvalue weighted by Crippen LogP contribution is 1.85. The summed E-state index contributed by atoms with van der Waals surface area (Å²) < 4.78 is 0.855. The Labute approximate surface area is 76.6 Å². The molecule has 0 spiro atoms. The predicted molar refractivity (Wildman–Crippen MR) is 53.2 cm³/mol. The van der Waals surface area contributed by atoms with Gasteiger partial charge in [-0.25, -0.2) is 0 Å². The van der Waals surface area contributed by atoms with E-state index in [-0.39, 0.29) is 7.43 Å². The van der Waals surface area contributed by atoms with E-state index >= 15 is 0 Å². The van der Waals surface area contributed by atoms with E-state index in [2.05, 4.69) is 33.2 Å². The number of rotatable bonds is 6. The second-order valence-corrected chi connectivity index (χ2v) is 3.52. The highest BCUT2D eigenvalue weighted by Gasteiger charge is 2.03. The Morgan fingerprint density at radius 3 is 2.42 bits per heavy atom. The van der Waals surface area contributed by atoms with Crippen molar-refractivity contribution < 1.29 is 9.32 Å². The van der Waals surface area contributed by atoms with E-state index in [1.807, 2.05) is 6.08 Å². The smallest absolute Gasteiger partial charge is 0.154 e. The molecule has 0 aromatic heterocycles. The fraction of sp³-hybridized carbons (Fsp3) is 0.667. The third-order valence-electron chi connectivity index (χ3n) is 1.06. The number of quaternary nitrogens is 1. The van der Waals surface area contributed by atoms with Crippen LogP contribution in [0.2, 0.25) is 0 Å². The summed E-state index contributed by atoms with van der Waals surface area (Å²) in [7, 11) is 6.30. The second-order valence-electron chi connectivity index (χ2n) is 3.52. The third-order valence-corrected chi connectivity index (χ3v) is 1.06. The van der Waals surface area contributed by atoms with Gasteiger partial charge in [0, 0.05) is 0 Å². The number of hydroxylamine groups is 1. The van der Waals surface area contributed by atoms with E-state index in [1.165, 1.54) is 0 Å². The lowest BCUT2D eigenvalue weighted by atomic mass is 10.5. The summed E-state index contributed by atoms with van der Waals surface area (Å²) in [5.74, 6) is 0. The van der Waals surface area contributed by atoms with Gasteiger partial charge in [0.1, 0.15) is 0 Å². The van der Waals surface area contributed by atoms with Gasteiger partial charge in [-0.2, -0.15) is 5.48 Å². The van der Waals surface area contributed by atoms with Gasteiger partial charge in [0.05, 0.1) is 27.7 Å². The van der Waals surface area contributed by atoms with Gasteiger partial charge in [0.2, 0.25) is 0 Å². The van der Waals surface area contributed by atoms with Crippen LogP contribution < -0.4 is 5.48 Å². The first-order valence-corrected chi connectivity index (χ1v) is 3.82. The lowest BCUT2D eigenvalue weighted by Crippen LogP contribution is -2.42. The zero-order valence-electron chi connectivity index (χ0n) is 8.76. The van der Waals surface area contributed by atoms with Gasteiger partial charge < -0.3 is 11.9 Å². The van der Waals surface area contributed by atoms with Crippen LogP contribution in [0.1, 0.15) is 6.42 Å². The maximum absolute atomic E-state index is 5.11. The lowest BCUT2D eigenvalue weighted by Gasteiger charge is -2.23. The first-order chi connectivity index (χ1) is 5.06. The zero-order chi connectivity index (χ0) is 8.74. The Kier molecular flexibility index (Phi) is 8.59. The highest BCUT2D eigenvalue weighted by molar-refractivity contribution is 4.64. The molecule has 0 aromatic rings. The van der Waals surface area contributed by atoms with Crippen molar-refractivity contribution in [3.8, 4) is 0 Å². The molecule has 74 valence electrons. The fourth-order valence-electron chi connectivity index (χ4n) is 0.454. The molecule has 0 rings (SSSR count). The summed E-state index contributed by atoms with van der Waals surface area (Å²) >= 11 is 0. The van der Waals surface area contributed by atoms with Crippen LogP contribution >= 0.6 is 0 Å². The van der Waals surface area contributed by atoms with Gasteiger partial charge in [-0.3, -0.25) is 4.84 Å². The minimum Gasteiger partial charge on any atom is -0.358 e. The van der Waals surface area contributed by atoms with Gasteiger partial charge in [-0.15, -0.1) is 6.58 Å². The largest absolute Gasteiger partial charge is 0.358 e. The van der Waals surface area contributed by atoms with Crippen molar-refractivity contribution in [1.29, 1.82) is 0 Å². The molecule has 0 unspecified atom stereocenters. The molecule has 0 aliphatic rings. The molecule has 0 radical (unpaired) electrons. The summed E-state index contributed by atoms with van der Waals surface area (Å²) in [5.41, 5.74) is 2.88. The van der Waals surface area contributed by atoms with Gasteiger partial charge in [-0.1, -0.05) is 6.08 Å². The molecule has 0 aliphatic carbocycles. The Balaban J connectivity index is 0. The van der Waals surface area contributed by atoms with E-state index in [9.17, 15) is 0 Å². The quantitative estimate of drug-likeness (QED) is 0.163. The SMILES string of the molecule is C=CCCONC[N+](C)(C)C.[CH3-]. The molecule has 0 atom stereocenters. The third kappa shape index (κ3) is 12.3. The van der Waals surface area contributed by atoms with Crippen molar-refractivity contribution in [2.75, 3.05) is 34.4 Å². The van der Waals surface area contributed by atoms with Crippen LogP contribution in [0.5, 0.6) is 0 Å². The molecule has 12 heavy (non-hydrogen) atoms. The normalized spacial score (nSPS) is 10.6. The summed E-state index contributed by atoms with van der Waals surface area (Å²) in [4.78, 5) is 5.11. The topological polar surface area (TPSA) is 21.3 Å². The van der Waals surface area contributed by atoms with E-state index in [0.29, 0.717) is 6.61 Å². The summed E-state index contributed by atoms with van der Waals surface area (Å²) in [6.45, 7) is 5.11. The number of hydrogen-bond acceptors (Lipinski definition) is 2. The molecule has 0 aliphatic heterocycles. The Bertz CT molecular complexity index is 108. The molecule has 0 heterocycles. The molecule has 3 nitrogen and oxygen atoms in total. The maximum Gasteiger partial charge on any atom is 0.154 e. The summed E-state index contributed by atoms with van der Waals surface area (Å²) in [5, 5.41) is 0. The van der Waals surface area contributed by atoms with Gasteiger partial charge in [0.15, 0.2) is 6.67 Å². The number of hydrogen-bond donors (Lipinski definition) is 1. The van der Waals surface area contributed by atoms with Crippen molar-refractivity contribution in [1.82, 2.24) is 5.48 Å². The average Bonchev–Trinajstić information content (AvgIpc) is 1.85. The van der Waals surface area contributed by atoms with Crippen LogP contribution in [0, 0.1) is 7.43 Å². The number of nitrogens with one attached hydrogen (secondary N) is 1. The van der Waals surface area contributed by atoms with Crippen LogP contribution in [-0.4, -0.2) is 38.9 Å². The predicted octanol–water partition coefficient (Wildman–Crippen LogP) is 1.20. The molecule has 0 bridgehead atoms. The van der Waals surface area contributed by atoms with Crippen LogP contribution in [0.15, 0.2) is 12.7 Å². The van der Waals surface area contributed by atoms with Crippen molar-refractivity contribution in [2.45, 2.75) is 6.42 Å². The van der Waals surface area contributed by atoms with Crippen molar-refractivity contribution >= 4 is 0 Å². The first kappa shape index (κ1) is 14.2. The van der Waals surface area contributed by atoms with E-state index in [0.717, 1.165) is 17.6 Å². The van der Waals surface area contributed by atoms with E-state index in [4.69, 9.17) is 4.84 Å². The van der Waals surface area contributed by atoms with Crippen molar-refractivity contribution in [3.63, 3.8) is 0 Å². The molecule has 0 amide bonds. The van der Waals surface area contributed by atoms with Crippen LogP contribution in [0.3, 0.4) is 0 Å². The van der Waals surface area contributed by atoms with Gasteiger partial charge in [-0.05, 0) is 6.42 Å². The molecule has 0 fully saturated rings. The van der Waals surface area contributed by atoms with E-state index < -0.39 is 0 Å². The van der Waals surface area contributed by atoms with Crippen LogP contribution in [0.25, 0.3) is 0 Å². The zero-order valence-corrected chi connectivity index (χ0v) is 8.76. The standard InChI is InChI=1S/C8H19N2O.CH3/c1-5-6-7-11-9-8-10(2,3)4;/h5,9H,1,6-8H2,2-4H3;1H3/q+1;-1. The summed E-state index contributed by atoms with van der Waals surface area (Å²) in [6.07, 6.45) is 2.73. The minimum absolute atomic E-state index is 0. The molecule has 0 aromatic carbocycles. The molecule has 3 heteroatoms. The lowest BCUT2D eigenvalue weighted by molar-refractivity contribution is -0.876. The summed E-state index contributed by atoms with van der Waals surface area (Å²) in [6, 6.07) is 0. The molecule has 1 N–H and O–H groups in total. The highest BCUT2D eigenvalue weighted by atomic mass is 16.6. The average molecular weight is 174 g/mol. The van der Waals surface area contributed by atoms with Gasteiger partial charge >= 0.3 is 0 Å². The molecular formula is C9H22N2O. The van der Waals surface area contributed by atoms with Gasteiger partial charge in [0.25, 0.3) is 0 Å². The monoisotopic (exact) mass is 174 g/mol. The maximum atomic E-state index is 5.11. The first-order valence-electron chi connectivity index (χ1n) is 3.82. The Morgan fingerprint density at radius 2 is 2.00 bits per heavy atom. The minimum atomic E-state index is 0.